The predicted octanol–water partition coefficient (Wildman–Crippen LogP) is 6.91. The van der Waals surface area contributed by atoms with Crippen molar-refractivity contribution < 1.29 is 9.53 Å². The molecule has 0 saturated heterocycles. The standard InChI is InChI=1S/C21H42O2/c1-5-7-9-12-16-20(15-8-6-2)18-23-21(22)17-13-10-11-14-19(3)4/h19-20H,5-18H2,1-4H3. The highest BCUT2D eigenvalue weighted by molar-refractivity contribution is 5.69. The molecule has 23 heavy (non-hydrogen) atoms. The van der Waals surface area contributed by atoms with Crippen molar-refractivity contribution in [1.29, 1.82) is 0 Å². The van der Waals surface area contributed by atoms with E-state index in [1.165, 1.54) is 64.2 Å². The summed E-state index contributed by atoms with van der Waals surface area (Å²) in [7, 11) is 0. The number of unbranched alkanes of at least 4 members (excludes halogenated alkanes) is 6. The molecule has 0 aromatic carbocycles. The van der Waals surface area contributed by atoms with Gasteiger partial charge in [0.25, 0.3) is 0 Å². The Morgan fingerprint density at radius 1 is 0.783 bits per heavy atom. The fourth-order valence-electron chi connectivity index (χ4n) is 2.95. The summed E-state index contributed by atoms with van der Waals surface area (Å²) in [6.07, 6.45) is 15.4. The molecule has 0 rings (SSSR count). The lowest BCUT2D eigenvalue weighted by molar-refractivity contribution is -0.145. The summed E-state index contributed by atoms with van der Waals surface area (Å²) in [5, 5.41) is 0. The number of carbonyl (C=O) groups is 1. The Morgan fingerprint density at radius 3 is 2.04 bits per heavy atom. The van der Waals surface area contributed by atoms with E-state index in [1.54, 1.807) is 0 Å². The summed E-state index contributed by atoms with van der Waals surface area (Å²) >= 11 is 0. The van der Waals surface area contributed by atoms with Crippen LogP contribution < -0.4 is 0 Å². The molecule has 0 aliphatic heterocycles. The molecule has 0 aliphatic rings. The lowest BCUT2D eigenvalue weighted by Gasteiger charge is -2.16. The number of esters is 1. The van der Waals surface area contributed by atoms with Gasteiger partial charge in [-0.1, -0.05) is 85.5 Å². The first kappa shape index (κ1) is 22.5. The van der Waals surface area contributed by atoms with Crippen molar-refractivity contribution >= 4 is 5.97 Å². The Balaban J connectivity index is 3.77. The predicted molar refractivity (Wildman–Crippen MR) is 101 cm³/mol. The molecule has 0 bridgehead atoms. The fraction of sp³-hybridized carbons (Fsp3) is 0.952. The molecule has 0 aliphatic carbocycles. The van der Waals surface area contributed by atoms with Crippen molar-refractivity contribution in [3.05, 3.63) is 0 Å². The quantitative estimate of drug-likeness (QED) is 0.227. The molecule has 0 N–H and O–H groups in total. The number of hydrogen-bond donors (Lipinski definition) is 0. The molecule has 0 heterocycles. The van der Waals surface area contributed by atoms with Gasteiger partial charge in [-0.05, 0) is 31.1 Å². The van der Waals surface area contributed by atoms with E-state index < -0.39 is 0 Å². The second-order valence-electron chi connectivity index (χ2n) is 7.53. The molecule has 0 aromatic rings. The average molecular weight is 327 g/mol. The Kier molecular flexibility index (Phi) is 16.0. The zero-order valence-corrected chi connectivity index (χ0v) is 16.4. The van der Waals surface area contributed by atoms with E-state index in [0.717, 1.165) is 18.8 Å². The smallest absolute Gasteiger partial charge is 0.305 e. The van der Waals surface area contributed by atoms with Crippen LogP contribution in [0.5, 0.6) is 0 Å². The average Bonchev–Trinajstić information content (AvgIpc) is 2.52. The minimum Gasteiger partial charge on any atom is -0.465 e. The summed E-state index contributed by atoms with van der Waals surface area (Å²) in [6, 6.07) is 0. The van der Waals surface area contributed by atoms with Crippen LogP contribution in [-0.2, 0) is 9.53 Å². The molecule has 2 heteroatoms. The van der Waals surface area contributed by atoms with Crippen LogP contribution in [0.3, 0.4) is 0 Å². The van der Waals surface area contributed by atoms with Crippen molar-refractivity contribution in [3.8, 4) is 0 Å². The number of rotatable bonds is 16. The molecule has 138 valence electrons. The normalized spacial score (nSPS) is 12.6. The molecule has 1 atom stereocenters. The van der Waals surface area contributed by atoms with Gasteiger partial charge in [-0.25, -0.2) is 0 Å². The number of hydrogen-bond acceptors (Lipinski definition) is 2. The van der Waals surface area contributed by atoms with E-state index in [2.05, 4.69) is 27.7 Å². The maximum Gasteiger partial charge on any atom is 0.305 e. The first-order valence-electron chi connectivity index (χ1n) is 10.3. The second-order valence-corrected chi connectivity index (χ2v) is 7.53. The van der Waals surface area contributed by atoms with Crippen molar-refractivity contribution in [3.63, 3.8) is 0 Å². The van der Waals surface area contributed by atoms with Gasteiger partial charge >= 0.3 is 5.97 Å². The van der Waals surface area contributed by atoms with Crippen LogP contribution in [0.4, 0.5) is 0 Å². The van der Waals surface area contributed by atoms with Gasteiger partial charge in [-0.3, -0.25) is 4.79 Å². The Labute approximate surface area is 145 Å². The lowest BCUT2D eigenvalue weighted by Crippen LogP contribution is -2.14. The molecule has 0 amide bonds. The zero-order chi connectivity index (χ0) is 17.3. The van der Waals surface area contributed by atoms with E-state index in [9.17, 15) is 4.79 Å². The highest BCUT2D eigenvalue weighted by Gasteiger charge is 2.11. The molecule has 0 spiro atoms. The second kappa shape index (κ2) is 16.3. The van der Waals surface area contributed by atoms with Crippen LogP contribution in [0.1, 0.15) is 111 Å². The highest BCUT2D eigenvalue weighted by atomic mass is 16.5. The van der Waals surface area contributed by atoms with Crippen LogP contribution in [0, 0.1) is 11.8 Å². The van der Waals surface area contributed by atoms with Gasteiger partial charge in [0.15, 0.2) is 0 Å². The topological polar surface area (TPSA) is 26.3 Å². The van der Waals surface area contributed by atoms with E-state index in [1.807, 2.05) is 0 Å². The van der Waals surface area contributed by atoms with Crippen molar-refractivity contribution in [2.45, 2.75) is 111 Å². The Morgan fingerprint density at radius 2 is 1.39 bits per heavy atom. The van der Waals surface area contributed by atoms with Crippen molar-refractivity contribution in [2.75, 3.05) is 6.61 Å². The van der Waals surface area contributed by atoms with Gasteiger partial charge in [-0.15, -0.1) is 0 Å². The van der Waals surface area contributed by atoms with Crippen molar-refractivity contribution in [1.82, 2.24) is 0 Å². The van der Waals surface area contributed by atoms with Gasteiger partial charge in [-0.2, -0.15) is 0 Å². The first-order valence-corrected chi connectivity index (χ1v) is 10.3. The van der Waals surface area contributed by atoms with Crippen LogP contribution in [0.15, 0.2) is 0 Å². The molecule has 0 aromatic heterocycles. The van der Waals surface area contributed by atoms with Gasteiger partial charge in [0, 0.05) is 6.42 Å². The Bertz CT molecular complexity index is 261. The number of ether oxygens (including phenoxy) is 1. The molecule has 0 saturated carbocycles. The van der Waals surface area contributed by atoms with Gasteiger partial charge in [0.05, 0.1) is 6.61 Å². The molecule has 0 fully saturated rings. The minimum atomic E-state index is 0.0182. The third-order valence-electron chi connectivity index (χ3n) is 4.57. The van der Waals surface area contributed by atoms with Crippen LogP contribution in [0.2, 0.25) is 0 Å². The molecule has 0 radical (unpaired) electrons. The summed E-state index contributed by atoms with van der Waals surface area (Å²) in [5.41, 5.74) is 0. The lowest BCUT2D eigenvalue weighted by atomic mass is 9.96. The molecule has 2 nitrogen and oxygen atoms in total. The zero-order valence-electron chi connectivity index (χ0n) is 16.4. The highest BCUT2D eigenvalue weighted by Crippen LogP contribution is 2.18. The van der Waals surface area contributed by atoms with E-state index in [4.69, 9.17) is 4.74 Å². The minimum absolute atomic E-state index is 0.0182. The maximum atomic E-state index is 11.9. The van der Waals surface area contributed by atoms with Crippen LogP contribution in [-0.4, -0.2) is 12.6 Å². The summed E-state index contributed by atoms with van der Waals surface area (Å²) in [4.78, 5) is 11.9. The van der Waals surface area contributed by atoms with E-state index in [-0.39, 0.29) is 5.97 Å². The summed E-state index contributed by atoms with van der Waals surface area (Å²) in [6.45, 7) is 9.64. The SMILES string of the molecule is CCCCCCC(CCCC)COC(=O)CCCCCC(C)C. The third-order valence-corrected chi connectivity index (χ3v) is 4.57. The van der Waals surface area contributed by atoms with Gasteiger partial charge in [0.2, 0.25) is 0 Å². The van der Waals surface area contributed by atoms with Crippen molar-refractivity contribution in [2.24, 2.45) is 11.8 Å². The van der Waals surface area contributed by atoms with Crippen LogP contribution in [0.25, 0.3) is 0 Å². The largest absolute Gasteiger partial charge is 0.465 e. The van der Waals surface area contributed by atoms with Crippen LogP contribution >= 0.6 is 0 Å². The fourth-order valence-corrected chi connectivity index (χ4v) is 2.95. The molecule has 1 unspecified atom stereocenters. The van der Waals surface area contributed by atoms with Gasteiger partial charge < -0.3 is 4.74 Å². The van der Waals surface area contributed by atoms with Gasteiger partial charge in [0.1, 0.15) is 0 Å². The first-order chi connectivity index (χ1) is 11.1. The Hall–Kier alpha value is -0.530. The maximum absolute atomic E-state index is 11.9. The number of carbonyl (C=O) groups excluding carboxylic acids is 1. The molecular weight excluding hydrogens is 284 g/mol. The summed E-state index contributed by atoms with van der Waals surface area (Å²) in [5.74, 6) is 1.37. The third kappa shape index (κ3) is 16.1. The molecular formula is C21H42O2. The monoisotopic (exact) mass is 326 g/mol. The van der Waals surface area contributed by atoms with E-state index in [0.29, 0.717) is 18.9 Å². The van der Waals surface area contributed by atoms with E-state index >= 15 is 0 Å². The summed E-state index contributed by atoms with van der Waals surface area (Å²) < 4.78 is 5.55.